The van der Waals surface area contributed by atoms with Crippen LogP contribution in [0.5, 0.6) is 11.6 Å². The molecule has 3 atom stereocenters. The number of aromatic nitrogens is 2. The Balaban J connectivity index is 1.43. The van der Waals surface area contributed by atoms with Gasteiger partial charge in [0.05, 0.1) is 29.3 Å². The minimum Gasteiger partial charge on any atom is -0.479 e. The summed E-state index contributed by atoms with van der Waals surface area (Å²) in [6, 6.07) is 7.93. The average Bonchev–Trinajstić information content (AvgIpc) is 3.57. The van der Waals surface area contributed by atoms with Crippen molar-refractivity contribution in [3.8, 4) is 22.1 Å². The van der Waals surface area contributed by atoms with E-state index in [-0.39, 0.29) is 30.7 Å². The highest BCUT2D eigenvalue weighted by atomic mass is 32.1. The summed E-state index contributed by atoms with van der Waals surface area (Å²) in [7, 11) is 1.46. The molecule has 186 valence electrons. The number of carbonyl (C=O) groups excluding carboxylic acids is 2. The van der Waals surface area contributed by atoms with Gasteiger partial charge in [-0.15, -0.1) is 11.3 Å². The lowest BCUT2D eigenvalue weighted by atomic mass is 9.91. The fourth-order valence-electron chi connectivity index (χ4n) is 4.17. The first kappa shape index (κ1) is 24.7. The average molecular weight is 501 g/mol. The van der Waals surface area contributed by atoms with E-state index >= 15 is 0 Å². The predicted molar refractivity (Wildman–Crippen MR) is 128 cm³/mol. The number of ether oxygens (including phenoxy) is 1. The zero-order valence-corrected chi connectivity index (χ0v) is 20.7. The lowest BCUT2D eigenvalue weighted by molar-refractivity contribution is -0.143. The molecular weight excluding hydrogens is 472 g/mol. The number of nitrogens with zero attached hydrogens (tertiary/aromatic N) is 3. The third kappa shape index (κ3) is 5.30. The van der Waals surface area contributed by atoms with Gasteiger partial charge in [-0.1, -0.05) is 13.8 Å². The molecule has 0 saturated carbocycles. The molecule has 11 heteroatoms. The van der Waals surface area contributed by atoms with Gasteiger partial charge in [0, 0.05) is 19.0 Å². The van der Waals surface area contributed by atoms with Crippen LogP contribution in [0.4, 0.5) is 0 Å². The molecule has 2 N–H and O–H groups in total. The van der Waals surface area contributed by atoms with Crippen LogP contribution < -0.4 is 15.1 Å². The number of hydroxylamine groups is 1. The van der Waals surface area contributed by atoms with Crippen LogP contribution in [0.1, 0.15) is 37.6 Å². The van der Waals surface area contributed by atoms with Crippen LogP contribution in [-0.2, 0) is 9.59 Å². The topological polar surface area (TPSA) is 127 Å². The molecule has 1 fully saturated rings. The Morgan fingerprint density at radius 3 is 2.63 bits per heavy atom. The molecule has 0 unspecified atom stereocenters. The number of likely N-dealkylation sites (tertiary alicyclic amines) is 1. The van der Waals surface area contributed by atoms with Crippen LogP contribution in [0.3, 0.4) is 0 Å². The van der Waals surface area contributed by atoms with Crippen molar-refractivity contribution < 1.29 is 28.8 Å². The van der Waals surface area contributed by atoms with E-state index in [1.807, 2.05) is 32.9 Å². The number of benzene rings is 1. The van der Waals surface area contributed by atoms with Gasteiger partial charge in [0.25, 0.3) is 11.8 Å². The number of thiazole rings is 1. The summed E-state index contributed by atoms with van der Waals surface area (Å²) < 4.78 is 10.4. The number of methoxy groups -OCH3 is 1. The van der Waals surface area contributed by atoms with Crippen molar-refractivity contribution in [1.82, 2.24) is 20.5 Å². The Bertz CT molecular complexity index is 1170. The van der Waals surface area contributed by atoms with E-state index in [2.05, 4.69) is 15.6 Å². The van der Waals surface area contributed by atoms with Crippen LogP contribution in [0.15, 0.2) is 40.4 Å². The maximum Gasteiger partial charge on any atom is 0.275 e. The molecular formula is C24H28N4O6S. The van der Waals surface area contributed by atoms with E-state index in [0.717, 1.165) is 16.1 Å². The molecule has 1 aliphatic rings. The number of carbonyl (C=O) groups is 2. The van der Waals surface area contributed by atoms with Crippen molar-refractivity contribution in [2.24, 2.45) is 5.92 Å². The van der Waals surface area contributed by atoms with Crippen molar-refractivity contribution in [2.75, 3.05) is 13.7 Å². The highest BCUT2D eigenvalue weighted by Gasteiger charge is 2.43. The summed E-state index contributed by atoms with van der Waals surface area (Å²) in [5.74, 6) is -0.632. The van der Waals surface area contributed by atoms with Crippen molar-refractivity contribution in [3.05, 3.63) is 47.3 Å². The molecule has 0 aliphatic carbocycles. The standard InChI is InChI=1S/C24H28N4O6S/c1-13(2)21(19-10-20(32-4)26-34-19)24(31)28-11-16(29)9-18(28)23(30)27-33-17-7-5-15(6-8-17)22-14(3)25-12-35-22/h5-8,10,12-13,16,18,21,29H,9,11H2,1-4H3,(H,27,30)/t16-,18+,21+/m1/s1. The van der Waals surface area contributed by atoms with Gasteiger partial charge in [0.1, 0.15) is 12.0 Å². The van der Waals surface area contributed by atoms with Crippen LogP contribution >= 0.6 is 11.3 Å². The molecule has 3 heterocycles. The number of aliphatic hydroxyl groups is 1. The van der Waals surface area contributed by atoms with Crippen LogP contribution in [0.25, 0.3) is 10.4 Å². The maximum atomic E-state index is 13.5. The van der Waals surface area contributed by atoms with Gasteiger partial charge in [0.2, 0.25) is 5.91 Å². The van der Waals surface area contributed by atoms with Gasteiger partial charge in [-0.3, -0.25) is 9.59 Å². The molecule has 3 aromatic rings. The van der Waals surface area contributed by atoms with Crippen molar-refractivity contribution in [2.45, 2.75) is 45.3 Å². The second-order valence-corrected chi connectivity index (χ2v) is 9.60. The number of hydrogen-bond acceptors (Lipinski definition) is 9. The normalized spacial score (nSPS) is 18.5. The quantitative estimate of drug-likeness (QED) is 0.452. The molecule has 35 heavy (non-hydrogen) atoms. The molecule has 1 saturated heterocycles. The minimum absolute atomic E-state index is 0.0360. The van der Waals surface area contributed by atoms with Gasteiger partial charge in [-0.05, 0) is 47.8 Å². The minimum atomic E-state index is -0.886. The second-order valence-electron chi connectivity index (χ2n) is 8.75. The largest absolute Gasteiger partial charge is 0.479 e. The lowest BCUT2D eigenvalue weighted by Gasteiger charge is -2.28. The number of aliphatic hydroxyl groups excluding tert-OH is 1. The molecule has 0 radical (unpaired) electrons. The Labute approximate surface area is 206 Å². The summed E-state index contributed by atoms with van der Waals surface area (Å²) in [6.45, 7) is 5.73. The highest BCUT2D eigenvalue weighted by molar-refractivity contribution is 7.13. The van der Waals surface area contributed by atoms with Gasteiger partial charge >= 0.3 is 0 Å². The smallest absolute Gasteiger partial charge is 0.275 e. The van der Waals surface area contributed by atoms with E-state index in [1.54, 1.807) is 35.0 Å². The summed E-state index contributed by atoms with van der Waals surface area (Å²) in [4.78, 5) is 38.6. The van der Waals surface area contributed by atoms with E-state index in [1.165, 1.54) is 12.0 Å². The molecule has 1 aromatic carbocycles. The van der Waals surface area contributed by atoms with Crippen LogP contribution in [0, 0.1) is 12.8 Å². The number of nitrogens with one attached hydrogen (secondary N) is 1. The van der Waals surface area contributed by atoms with E-state index < -0.39 is 24.0 Å². The monoisotopic (exact) mass is 500 g/mol. The van der Waals surface area contributed by atoms with Crippen LogP contribution in [-0.4, -0.2) is 57.8 Å². The number of rotatable bonds is 8. The first-order chi connectivity index (χ1) is 16.8. The fourth-order valence-corrected chi connectivity index (χ4v) is 4.98. The number of amides is 2. The van der Waals surface area contributed by atoms with Crippen molar-refractivity contribution in [1.29, 1.82) is 0 Å². The van der Waals surface area contributed by atoms with E-state index in [4.69, 9.17) is 14.1 Å². The molecule has 4 rings (SSSR count). The van der Waals surface area contributed by atoms with E-state index in [0.29, 0.717) is 11.5 Å². The van der Waals surface area contributed by atoms with Gasteiger partial charge < -0.3 is 24.1 Å². The third-order valence-electron chi connectivity index (χ3n) is 5.95. The number of β-amino-alcohol motifs (C(OH)–C–C–N with tert-alkyl or cyclic N) is 1. The van der Waals surface area contributed by atoms with Crippen LogP contribution in [0.2, 0.25) is 0 Å². The second kappa shape index (κ2) is 10.4. The SMILES string of the molecule is COc1cc([C@@H](C(=O)N2C[C@H](O)C[C@H]2C(=O)NOc2ccc(-c3scnc3C)cc2)C(C)C)on1. The summed E-state index contributed by atoms with van der Waals surface area (Å²) in [5, 5.41) is 14.0. The maximum absolute atomic E-state index is 13.5. The predicted octanol–water partition coefficient (Wildman–Crippen LogP) is 2.93. The zero-order chi connectivity index (χ0) is 25.1. The molecule has 0 spiro atoms. The first-order valence-corrected chi connectivity index (χ1v) is 12.1. The molecule has 0 bridgehead atoms. The van der Waals surface area contributed by atoms with Crippen molar-refractivity contribution in [3.63, 3.8) is 0 Å². The fraction of sp³-hybridized carbons (Fsp3) is 0.417. The Morgan fingerprint density at radius 2 is 2.03 bits per heavy atom. The Hall–Kier alpha value is -3.44. The van der Waals surface area contributed by atoms with Gasteiger partial charge in [-0.2, -0.15) is 5.48 Å². The van der Waals surface area contributed by atoms with Gasteiger partial charge in [0.15, 0.2) is 11.5 Å². The first-order valence-electron chi connectivity index (χ1n) is 11.2. The molecule has 10 nitrogen and oxygen atoms in total. The highest BCUT2D eigenvalue weighted by Crippen LogP contribution is 2.32. The van der Waals surface area contributed by atoms with Crippen molar-refractivity contribution >= 4 is 23.2 Å². The summed E-state index contributed by atoms with van der Waals surface area (Å²) >= 11 is 1.55. The molecule has 2 amide bonds. The lowest BCUT2D eigenvalue weighted by Crippen LogP contribution is -2.48. The number of hydrogen-bond donors (Lipinski definition) is 2. The summed E-state index contributed by atoms with van der Waals surface area (Å²) in [5.41, 5.74) is 6.17. The number of aryl methyl sites for hydroxylation is 1. The Kier molecular flexibility index (Phi) is 7.37. The van der Waals surface area contributed by atoms with E-state index in [9.17, 15) is 14.7 Å². The summed E-state index contributed by atoms with van der Waals surface area (Å²) in [6.07, 6.45) is -0.719. The third-order valence-corrected chi connectivity index (χ3v) is 6.93. The molecule has 2 aromatic heterocycles. The van der Waals surface area contributed by atoms with Gasteiger partial charge in [-0.25, -0.2) is 4.98 Å². The molecule has 1 aliphatic heterocycles. The zero-order valence-electron chi connectivity index (χ0n) is 19.9. The Morgan fingerprint density at radius 1 is 1.29 bits per heavy atom.